The molecule has 0 aliphatic carbocycles. The van der Waals surface area contributed by atoms with Gasteiger partial charge in [-0.05, 0) is 50.9 Å². The van der Waals surface area contributed by atoms with Crippen LogP contribution in [0.15, 0.2) is 18.2 Å². The van der Waals surface area contributed by atoms with E-state index in [0.29, 0.717) is 11.3 Å². The van der Waals surface area contributed by atoms with Crippen LogP contribution < -0.4 is 10.5 Å². The highest BCUT2D eigenvalue weighted by molar-refractivity contribution is 5.97. The van der Waals surface area contributed by atoms with Crippen LogP contribution in [0.1, 0.15) is 37.8 Å². The van der Waals surface area contributed by atoms with Crippen LogP contribution in [-0.2, 0) is 6.54 Å². The van der Waals surface area contributed by atoms with Crippen molar-refractivity contribution in [3.63, 3.8) is 0 Å². The summed E-state index contributed by atoms with van der Waals surface area (Å²) in [6.07, 6.45) is 2.51. The summed E-state index contributed by atoms with van der Waals surface area (Å²) in [6, 6.07) is 5.90. The van der Waals surface area contributed by atoms with Crippen LogP contribution in [0.2, 0.25) is 0 Å². The van der Waals surface area contributed by atoms with Gasteiger partial charge >= 0.3 is 0 Å². The Kier molecular flexibility index (Phi) is 3.80. The quantitative estimate of drug-likeness (QED) is 0.646. The summed E-state index contributed by atoms with van der Waals surface area (Å²) in [7, 11) is 1.62. The highest BCUT2D eigenvalue weighted by atomic mass is 16.5. The van der Waals surface area contributed by atoms with E-state index in [1.54, 1.807) is 7.11 Å². The Balaban J connectivity index is 2.20. The first-order valence-electron chi connectivity index (χ1n) is 6.70. The Morgan fingerprint density at radius 3 is 2.74 bits per heavy atom. The van der Waals surface area contributed by atoms with Crippen molar-refractivity contribution in [2.24, 2.45) is 5.73 Å². The van der Waals surface area contributed by atoms with Gasteiger partial charge in [-0.15, -0.1) is 0 Å². The van der Waals surface area contributed by atoms with Gasteiger partial charge in [0.2, 0.25) is 0 Å². The van der Waals surface area contributed by atoms with Crippen LogP contribution in [0.4, 0.5) is 0 Å². The number of hydrogen-bond acceptors (Lipinski definition) is 3. The number of methoxy groups -OCH3 is 1. The molecule has 1 aromatic rings. The van der Waals surface area contributed by atoms with Crippen LogP contribution in [0, 0.1) is 5.41 Å². The van der Waals surface area contributed by atoms with Gasteiger partial charge < -0.3 is 10.5 Å². The molecule has 0 bridgehead atoms. The number of nitrogen functional groups attached to an aromatic ring is 1. The topological polar surface area (TPSA) is 62.3 Å². The van der Waals surface area contributed by atoms with E-state index in [4.69, 9.17) is 15.9 Å². The predicted molar refractivity (Wildman–Crippen MR) is 77.7 cm³/mol. The first kappa shape index (κ1) is 13.9. The smallest absolute Gasteiger partial charge is 0.130 e. The fourth-order valence-electron chi connectivity index (χ4n) is 2.73. The average Bonchev–Trinajstić information content (AvgIpc) is 2.68. The summed E-state index contributed by atoms with van der Waals surface area (Å²) in [6.45, 7) is 6.65. The molecule has 4 nitrogen and oxygen atoms in total. The van der Waals surface area contributed by atoms with Gasteiger partial charge in [-0.3, -0.25) is 10.3 Å². The molecule has 19 heavy (non-hydrogen) atoms. The number of ether oxygens (including phenoxy) is 1. The van der Waals surface area contributed by atoms with Crippen molar-refractivity contribution in [2.45, 2.75) is 38.8 Å². The fourth-order valence-corrected chi connectivity index (χ4v) is 2.73. The van der Waals surface area contributed by atoms with E-state index in [0.717, 1.165) is 13.1 Å². The summed E-state index contributed by atoms with van der Waals surface area (Å²) < 4.78 is 5.32. The van der Waals surface area contributed by atoms with Gasteiger partial charge in [-0.2, -0.15) is 0 Å². The molecule has 1 aliphatic rings. The molecule has 2 rings (SSSR count). The summed E-state index contributed by atoms with van der Waals surface area (Å²) in [5, 5.41) is 7.52. The number of nitrogens with one attached hydrogen (secondary N) is 1. The predicted octanol–water partition coefficient (Wildman–Crippen LogP) is 2.35. The molecule has 0 saturated carbocycles. The number of hydrogen-bond donors (Lipinski definition) is 2. The monoisotopic (exact) mass is 261 g/mol. The zero-order chi connectivity index (χ0) is 14.0. The van der Waals surface area contributed by atoms with E-state index in [2.05, 4.69) is 18.7 Å². The Morgan fingerprint density at radius 1 is 1.47 bits per heavy atom. The molecular weight excluding hydrogens is 238 g/mol. The molecule has 0 aromatic heterocycles. The Labute approximate surface area is 115 Å². The normalized spacial score (nSPS) is 18.5. The van der Waals surface area contributed by atoms with Gasteiger partial charge in [-0.1, -0.05) is 6.07 Å². The number of amidine groups is 1. The summed E-state index contributed by atoms with van der Waals surface area (Å²) >= 11 is 0. The first-order chi connectivity index (χ1) is 8.94. The lowest BCUT2D eigenvalue weighted by Crippen LogP contribution is -2.37. The third-order valence-electron chi connectivity index (χ3n) is 4.00. The number of rotatable bonds is 4. The van der Waals surface area contributed by atoms with Crippen molar-refractivity contribution in [1.82, 2.24) is 4.90 Å². The molecule has 0 radical (unpaired) electrons. The number of nitrogens with zero attached hydrogens (tertiary/aromatic N) is 1. The van der Waals surface area contributed by atoms with Crippen LogP contribution in [0.25, 0.3) is 0 Å². The average molecular weight is 261 g/mol. The summed E-state index contributed by atoms with van der Waals surface area (Å²) in [5.41, 5.74) is 7.67. The van der Waals surface area contributed by atoms with Gasteiger partial charge in [0.05, 0.1) is 12.7 Å². The van der Waals surface area contributed by atoms with Crippen molar-refractivity contribution in [2.75, 3.05) is 13.7 Å². The molecule has 1 aliphatic heterocycles. The summed E-state index contributed by atoms with van der Waals surface area (Å²) in [4.78, 5) is 2.50. The molecule has 4 heteroatoms. The van der Waals surface area contributed by atoms with E-state index >= 15 is 0 Å². The maximum atomic E-state index is 7.52. The molecule has 0 spiro atoms. The van der Waals surface area contributed by atoms with Gasteiger partial charge in [-0.25, -0.2) is 0 Å². The van der Waals surface area contributed by atoms with E-state index in [1.807, 2.05) is 18.2 Å². The lowest BCUT2D eigenvalue weighted by Gasteiger charge is -2.31. The number of benzene rings is 1. The van der Waals surface area contributed by atoms with E-state index in [1.165, 1.54) is 18.4 Å². The maximum Gasteiger partial charge on any atom is 0.130 e. The number of nitrogens with two attached hydrogens (primary N) is 1. The van der Waals surface area contributed by atoms with Crippen molar-refractivity contribution >= 4 is 5.84 Å². The van der Waals surface area contributed by atoms with Crippen molar-refractivity contribution in [3.05, 3.63) is 29.3 Å². The van der Waals surface area contributed by atoms with Gasteiger partial charge in [0.1, 0.15) is 11.6 Å². The lowest BCUT2D eigenvalue weighted by molar-refractivity contribution is 0.166. The van der Waals surface area contributed by atoms with E-state index < -0.39 is 0 Å². The van der Waals surface area contributed by atoms with Crippen LogP contribution in [-0.4, -0.2) is 29.9 Å². The SMILES string of the molecule is COc1cc(CN2CCCC2(C)C)ccc1C(=N)N. The molecule has 1 fully saturated rings. The maximum absolute atomic E-state index is 7.52. The standard InChI is InChI=1S/C15H23N3O/c1-15(2)7-4-8-18(15)10-11-5-6-12(14(16)17)13(9-11)19-3/h5-6,9H,4,7-8,10H2,1-3H3,(H3,16,17). The first-order valence-corrected chi connectivity index (χ1v) is 6.70. The molecule has 3 N–H and O–H groups in total. The van der Waals surface area contributed by atoms with Gasteiger partial charge in [0.15, 0.2) is 0 Å². The van der Waals surface area contributed by atoms with Crippen molar-refractivity contribution in [1.29, 1.82) is 5.41 Å². The molecule has 0 amide bonds. The van der Waals surface area contributed by atoms with Gasteiger partial charge in [0, 0.05) is 12.1 Å². The van der Waals surface area contributed by atoms with Crippen LogP contribution >= 0.6 is 0 Å². The fraction of sp³-hybridized carbons (Fsp3) is 0.533. The van der Waals surface area contributed by atoms with Gasteiger partial charge in [0.25, 0.3) is 0 Å². The van der Waals surface area contributed by atoms with Crippen molar-refractivity contribution < 1.29 is 4.74 Å². The molecule has 0 unspecified atom stereocenters. The molecule has 1 heterocycles. The van der Waals surface area contributed by atoms with E-state index in [-0.39, 0.29) is 11.4 Å². The zero-order valence-corrected chi connectivity index (χ0v) is 12.0. The Bertz CT molecular complexity index is 482. The molecule has 104 valence electrons. The molecule has 0 atom stereocenters. The summed E-state index contributed by atoms with van der Waals surface area (Å²) in [5.74, 6) is 0.729. The second kappa shape index (κ2) is 5.21. The van der Waals surface area contributed by atoms with Crippen LogP contribution in [0.3, 0.4) is 0 Å². The van der Waals surface area contributed by atoms with Crippen LogP contribution in [0.5, 0.6) is 5.75 Å². The second-order valence-electron chi connectivity index (χ2n) is 5.79. The zero-order valence-electron chi connectivity index (χ0n) is 12.0. The Hall–Kier alpha value is -1.55. The lowest BCUT2D eigenvalue weighted by atomic mass is 10.0. The minimum atomic E-state index is 0.0462. The minimum absolute atomic E-state index is 0.0462. The highest BCUT2D eigenvalue weighted by Crippen LogP contribution is 2.30. The highest BCUT2D eigenvalue weighted by Gasteiger charge is 2.31. The molecular formula is C15H23N3O. The molecule has 1 aromatic carbocycles. The minimum Gasteiger partial charge on any atom is -0.496 e. The third-order valence-corrected chi connectivity index (χ3v) is 4.00. The van der Waals surface area contributed by atoms with Crippen molar-refractivity contribution in [3.8, 4) is 5.75 Å². The Morgan fingerprint density at radius 2 is 2.21 bits per heavy atom. The number of likely N-dealkylation sites (tertiary alicyclic amines) is 1. The third kappa shape index (κ3) is 2.89. The largest absolute Gasteiger partial charge is 0.496 e. The van der Waals surface area contributed by atoms with E-state index in [9.17, 15) is 0 Å². The second-order valence-corrected chi connectivity index (χ2v) is 5.79. The molecule has 1 saturated heterocycles.